The monoisotopic (exact) mass is 224 g/mol. The maximum Gasteiger partial charge on any atom is 0.00940 e. The molecule has 1 heterocycles. The van der Waals surface area contributed by atoms with Crippen molar-refractivity contribution in [2.45, 2.75) is 52.1 Å². The van der Waals surface area contributed by atoms with Crippen molar-refractivity contribution in [1.82, 2.24) is 10.2 Å². The molecule has 2 nitrogen and oxygen atoms in total. The van der Waals surface area contributed by atoms with E-state index in [0.717, 1.165) is 18.4 Å². The lowest BCUT2D eigenvalue weighted by molar-refractivity contribution is 0.175. The maximum absolute atomic E-state index is 3.79. The van der Waals surface area contributed by atoms with Crippen molar-refractivity contribution in [3.63, 3.8) is 0 Å². The van der Waals surface area contributed by atoms with Crippen LogP contribution in [-0.4, -0.2) is 36.6 Å². The van der Waals surface area contributed by atoms with Gasteiger partial charge in [0.15, 0.2) is 0 Å². The molecule has 94 valence electrons. The highest BCUT2D eigenvalue weighted by Crippen LogP contribution is 2.13. The van der Waals surface area contributed by atoms with Crippen molar-refractivity contribution in [1.29, 1.82) is 0 Å². The van der Waals surface area contributed by atoms with Gasteiger partial charge in [0, 0.05) is 18.6 Å². The largest absolute Gasteiger partial charge is 0.311 e. The van der Waals surface area contributed by atoms with Gasteiger partial charge in [-0.1, -0.05) is 19.9 Å². The molecule has 1 rings (SSSR count). The molecule has 0 bridgehead atoms. The van der Waals surface area contributed by atoms with Crippen LogP contribution in [0.2, 0.25) is 0 Å². The second-order valence-corrected chi connectivity index (χ2v) is 5.56. The van der Waals surface area contributed by atoms with E-state index in [-0.39, 0.29) is 0 Å². The van der Waals surface area contributed by atoms with E-state index in [1.165, 1.54) is 32.5 Å². The molecule has 2 heteroatoms. The number of rotatable bonds is 6. The van der Waals surface area contributed by atoms with Gasteiger partial charge in [-0.2, -0.15) is 0 Å². The molecule has 0 aromatic carbocycles. The first kappa shape index (κ1) is 13.7. The summed E-state index contributed by atoms with van der Waals surface area (Å²) in [5.41, 5.74) is 0. The van der Waals surface area contributed by atoms with E-state index in [1.807, 2.05) is 6.08 Å². The quantitative estimate of drug-likeness (QED) is 0.698. The SMILES string of the molecule is C=CCC(C)NC1CCN(CC(C)C)CC1. The van der Waals surface area contributed by atoms with Crippen molar-refractivity contribution in [3.8, 4) is 0 Å². The highest BCUT2D eigenvalue weighted by atomic mass is 15.1. The van der Waals surface area contributed by atoms with Gasteiger partial charge < -0.3 is 10.2 Å². The number of hydrogen-bond donors (Lipinski definition) is 1. The summed E-state index contributed by atoms with van der Waals surface area (Å²) in [5, 5.41) is 3.70. The number of piperidine rings is 1. The number of nitrogens with zero attached hydrogens (tertiary/aromatic N) is 1. The van der Waals surface area contributed by atoms with Gasteiger partial charge in [0.25, 0.3) is 0 Å². The number of hydrogen-bond acceptors (Lipinski definition) is 2. The molecule has 0 radical (unpaired) electrons. The minimum Gasteiger partial charge on any atom is -0.311 e. The van der Waals surface area contributed by atoms with Gasteiger partial charge in [-0.05, 0) is 45.2 Å². The van der Waals surface area contributed by atoms with E-state index in [9.17, 15) is 0 Å². The van der Waals surface area contributed by atoms with Crippen LogP contribution in [-0.2, 0) is 0 Å². The summed E-state index contributed by atoms with van der Waals surface area (Å²) in [5.74, 6) is 0.796. The lowest BCUT2D eigenvalue weighted by Crippen LogP contribution is -2.46. The molecule has 1 unspecified atom stereocenters. The van der Waals surface area contributed by atoms with Crippen molar-refractivity contribution < 1.29 is 0 Å². The van der Waals surface area contributed by atoms with Crippen LogP contribution < -0.4 is 5.32 Å². The first-order valence-electron chi connectivity index (χ1n) is 6.71. The van der Waals surface area contributed by atoms with Gasteiger partial charge in [0.05, 0.1) is 0 Å². The van der Waals surface area contributed by atoms with Crippen LogP contribution >= 0.6 is 0 Å². The Bertz CT molecular complexity index is 193. The molecule has 1 aliphatic rings. The topological polar surface area (TPSA) is 15.3 Å². The Morgan fingerprint density at radius 3 is 2.44 bits per heavy atom. The second kappa shape index (κ2) is 7.08. The Morgan fingerprint density at radius 1 is 1.31 bits per heavy atom. The fourth-order valence-electron chi connectivity index (χ4n) is 2.52. The molecule has 0 saturated carbocycles. The molecule has 1 atom stereocenters. The maximum atomic E-state index is 3.79. The van der Waals surface area contributed by atoms with Crippen molar-refractivity contribution >= 4 is 0 Å². The van der Waals surface area contributed by atoms with Crippen molar-refractivity contribution in [3.05, 3.63) is 12.7 Å². The molecule has 0 aromatic heterocycles. The van der Waals surface area contributed by atoms with E-state index in [0.29, 0.717) is 6.04 Å². The third kappa shape index (κ3) is 5.13. The van der Waals surface area contributed by atoms with Gasteiger partial charge in [-0.15, -0.1) is 6.58 Å². The van der Waals surface area contributed by atoms with Crippen LogP contribution in [0.3, 0.4) is 0 Å². The predicted molar refractivity (Wildman–Crippen MR) is 71.7 cm³/mol. The number of likely N-dealkylation sites (tertiary alicyclic amines) is 1. The summed E-state index contributed by atoms with van der Waals surface area (Å²) < 4.78 is 0. The Balaban J connectivity index is 2.18. The zero-order valence-electron chi connectivity index (χ0n) is 11.2. The van der Waals surface area contributed by atoms with Gasteiger partial charge >= 0.3 is 0 Å². The van der Waals surface area contributed by atoms with Crippen LogP contribution in [0.4, 0.5) is 0 Å². The van der Waals surface area contributed by atoms with Crippen LogP contribution in [0.15, 0.2) is 12.7 Å². The molecule has 0 amide bonds. The first-order chi connectivity index (χ1) is 7.61. The lowest BCUT2D eigenvalue weighted by atomic mass is 10.0. The number of nitrogens with one attached hydrogen (secondary N) is 1. The van der Waals surface area contributed by atoms with Crippen LogP contribution in [0.25, 0.3) is 0 Å². The molecular formula is C14H28N2. The van der Waals surface area contributed by atoms with Gasteiger partial charge in [-0.3, -0.25) is 0 Å². The highest BCUT2D eigenvalue weighted by Gasteiger charge is 2.20. The van der Waals surface area contributed by atoms with E-state index in [4.69, 9.17) is 0 Å². The Labute approximate surface area is 101 Å². The summed E-state index contributed by atoms with van der Waals surface area (Å²) in [6.07, 6.45) is 5.68. The third-order valence-electron chi connectivity index (χ3n) is 3.25. The summed E-state index contributed by atoms with van der Waals surface area (Å²) in [6, 6.07) is 1.30. The summed E-state index contributed by atoms with van der Waals surface area (Å²) >= 11 is 0. The highest BCUT2D eigenvalue weighted by molar-refractivity contribution is 4.82. The Hall–Kier alpha value is -0.340. The molecule has 0 aromatic rings. The third-order valence-corrected chi connectivity index (χ3v) is 3.25. The molecular weight excluding hydrogens is 196 g/mol. The van der Waals surface area contributed by atoms with E-state index < -0.39 is 0 Å². The predicted octanol–water partition coefficient (Wildman–Crippen LogP) is 2.66. The van der Waals surface area contributed by atoms with E-state index in [1.54, 1.807) is 0 Å². The fourth-order valence-corrected chi connectivity index (χ4v) is 2.52. The van der Waals surface area contributed by atoms with Gasteiger partial charge in [-0.25, -0.2) is 0 Å². The average Bonchev–Trinajstić information content (AvgIpc) is 2.20. The Kier molecular flexibility index (Phi) is 6.07. The van der Waals surface area contributed by atoms with Crippen LogP contribution in [0.1, 0.15) is 40.0 Å². The summed E-state index contributed by atoms with van der Waals surface area (Å²) in [6.45, 7) is 14.4. The van der Waals surface area contributed by atoms with Crippen LogP contribution in [0, 0.1) is 5.92 Å². The molecule has 16 heavy (non-hydrogen) atoms. The zero-order chi connectivity index (χ0) is 12.0. The fraction of sp³-hybridized carbons (Fsp3) is 0.857. The molecule has 0 aliphatic carbocycles. The van der Waals surface area contributed by atoms with E-state index in [2.05, 4.69) is 37.6 Å². The standard InChI is InChI=1S/C14H28N2/c1-5-6-13(4)15-14-7-9-16(10-8-14)11-12(2)3/h5,12-15H,1,6-11H2,2-4H3. The molecule has 1 N–H and O–H groups in total. The van der Waals surface area contributed by atoms with Gasteiger partial charge in [0.1, 0.15) is 0 Å². The zero-order valence-corrected chi connectivity index (χ0v) is 11.2. The smallest absolute Gasteiger partial charge is 0.00940 e. The minimum atomic E-state index is 0.583. The molecule has 1 saturated heterocycles. The molecule has 1 aliphatic heterocycles. The van der Waals surface area contributed by atoms with Gasteiger partial charge in [0.2, 0.25) is 0 Å². The average molecular weight is 224 g/mol. The second-order valence-electron chi connectivity index (χ2n) is 5.56. The summed E-state index contributed by atoms with van der Waals surface area (Å²) in [7, 11) is 0. The summed E-state index contributed by atoms with van der Waals surface area (Å²) in [4.78, 5) is 2.60. The normalized spacial score (nSPS) is 21.2. The minimum absolute atomic E-state index is 0.583. The molecule has 0 spiro atoms. The first-order valence-corrected chi connectivity index (χ1v) is 6.71. The molecule has 1 fully saturated rings. The van der Waals surface area contributed by atoms with Crippen LogP contribution in [0.5, 0.6) is 0 Å². The Morgan fingerprint density at radius 2 is 1.94 bits per heavy atom. The van der Waals surface area contributed by atoms with E-state index >= 15 is 0 Å². The van der Waals surface area contributed by atoms with Crippen molar-refractivity contribution in [2.24, 2.45) is 5.92 Å². The van der Waals surface area contributed by atoms with Crippen molar-refractivity contribution in [2.75, 3.05) is 19.6 Å². The lowest BCUT2D eigenvalue weighted by Gasteiger charge is -2.34.